The summed E-state index contributed by atoms with van der Waals surface area (Å²) >= 11 is 3.37. The zero-order valence-corrected chi connectivity index (χ0v) is 13.2. The summed E-state index contributed by atoms with van der Waals surface area (Å²) in [6.07, 6.45) is 8.16. The van der Waals surface area contributed by atoms with Crippen LogP contribution in [0.25, 0.3) is 0 Å². The van der Waals surface area contributed by atoms with E-state index in [1.807, 2.05) is 11.0 Å². The number of aromatic nitrogens is 1. The normalized spacial score (nSPS) is 21.9. The van der Waals surface area contributed by atoms with Gasteiger partial charge in [-0.05, 0) is 66.2 Å². The molecule has 0 saturated carbocycles. The number of amides is 1. The lowest BCUT2D eigenvalue weighted by atomic mass is 9.71. The summed E-state index contributed by atoms with van der Waals surface area (Å²) in [4.78, 5) is 18.5. The molecule has 1 amide bonds. The van der Waals surface area contributed by atoms with E-state index < -0.39 is 0 Å². The van der Waals surface area contributed by atoms with Gasteiger partial charge in [-0.2, -0.15) is 0 Å². The average Bonchev–Trinajstić information content (AvgIpc) is 2.48. The minimum Gasteiger partial charge on any atom is -0.339 e. The van der Waals surface area contributed by atoms with Crippen LogP contribution in [0.15, 0.2) is 22.9 Å². The molecule has 2 fully saturated rings. The molecule has 0 bridgehead atoms. The van der Waals surface area contributed by atoms with E-state index in [0.29, 0.717) is 11.0 Å². The van der Waals surface area contributed by atoms with E-state index >= 15 is 0 Å². The smallest absolute Gasteiger partial charge is 0.255 e. The molecule has 0 aliphatic carbocycles. The van der Waals surface area contributed by atoms with Crippen LogP contribution in [0, 0.1) is 5.41 Å². The van der Waals surface area contributed by atoms with Crippen LogP contribution in [0.5, 0.6) is 0 Å². The number of likely N-dealkylation sites (tertiary alicyclic amines) is 1. The zero-order chi connectivity index (χ0) is 14.0. The molecule has 1 spiro atoms. The second-order valence-corrected chi connectivity index (χ2v) is 6.85. The van der Waals surface area contributed by atoms with Crippen molar-refractivity contribution in [2.24, 2.45) is 5.41 Å². The lowest BCUT2D eigenvalue weighted by molar-refractivity contribution is 0.0495. The van der Waals surface area contributed by atoms with Gasteiger partial charge in [-0.3, -0.25) is 9.78 Å². The van der Waals surface area contributed by atoms with Crippen molar-refractivity contribution in [3.05, 3.63) is 28.5 Å². The Morgan fingerprint density at radius 1 is 1.20 bits per heavy atom. The van der Waals surface area contributed by atoms with E-state index in [-0.39, 0.29) is 5.91 Å². The molecule has 2 aliphatic heterocycles. The fraction of sp³-hybridized carbons (Fsp3) is 0.600. The Morgan fingerprint density at radius 3 is 2.55 bits per heavy atom. The highest BCUT2D eigenvalue weighted by Crippen LogP contribution is 2.39. The van der Waals surface area contributed by atoms with Gasteiger partial charge in [0.1, 0.15) is 0 Å². The number of carbonyl (C=O) groups excluding carboxylic acids is 1. The molecule has 3 rings (SSSR count). The number of hydrogen-bond donors (Lipinski definition) is 1. The summed E-state index contributed by atoms with van der Waals surface area (Å²) in [6.45, 7) is 4.02. The molecule has 4 nitrogen and oxygen atoms in total. The average molecular weight is 338 g/mol. The lowest BCUT2D eigenvalue weighted by Crippen LogP contribution is -2.47. The standard InChI is InChI=1S/C15H20BrN3O/c16-13-9-12(10-18-11-13)14(20)19-7-3-15(4-8-19)1-5-17-6-2-15/h9-11,17H,1-8H2. The molecule has 0 unspecified atom stereocenters. The number of piperidine rings is 2. The highest BCUT2D eigenvalue weighted by Gasteiger charge is 2.36. The number of halogens is 1. The predicted octanol–water partition coefficient (Wildman–Crippen LogP) is 2.45. The number of rotatable bonds is 1. The van der Waals surface area contributed by atoms with E-state index in [2.05, 4.69) is 26.2 Å². The molecule has 3 heterocycles. The SMILES string of the molecule is O=C(c1cncc(Br)c1)N1CCC2(CCNCC2)CC1. The maximum atomic E-state index is 12.5. The van der Waals surface area contributed by atoms with Gasteiger partial charge in [0, 0.05) is 30.0 Å². The van der Waals surface area contributed by atoms with Crippen molar-refractivity contribution >= 4 is 21.8 Å². The minimum atomic E-state index is 0.114. The molecule has 0 radical (unpaired) electrons. The second-order valence-electron chi connectivity index (χ2n) is 5.93. The van der Waals surface area contributed by atoms with Crippen molar-refractivity contribution in [1.29, 1.82) is 0 Å². The molecular weight excluding hydrogens is 318 g/mol. The van der Waals surface area contributed by atoms with Gasteiger partial charge in [0.15, 0.2) is 0 Å². The third-order valence-corrected chi connectivity index (χ3v) is 5.16. The van der Waals surface area contributed by atoms with Crippen molar-refractivity contribution in [3.63, 3.8) is 0 Å². The van der Waals surface area contributed by atoms with E-state index in [0.717, 1.165) is 43.5 Å². The largest absolute Gasteiger partial charge is 0.339 e. The molecule has 1 N–H and O–H groups in total. The Balaban J connectivity index is 1.64. The number of nitrogens with zero attached hydrogens (tertiary/aromatic N) is 2. The Bertz CT molecular complexity index is 490. The van der Waals surface area contributed by atoms with Gasteiger partial charge in [0.05, 0.1) is 5.56 Å². The van der Waals surface area contributed by atoms with Crippen LogP contribution in [0.4, 0.5) is 0 Å². The first-order valence-electron chi connectivity index (χ1n) is 7.29. The highest BCUT2D eigenvalue weighted by atomic mass is 79.9. The van der Waals surface area contributed by atoms with E-state index in [4.69, 9.17) is 0 Å². The van der Waals surface area contributed by atoms with E-state index in [1.54, 1.807) is 12.4 Å². The van der Waals surface area contributed by atoms with Gasteiger partial charge >= 0.3 is 0 Å². The fourth-order valence-corrected chi connectivity index (χ4v) is 3.72. The fourth-order valence-electron chi connectivity index (χ4n) is 3.35. The monoisotopic (exact) mass is 337 g/mol. The van der Waals surface area contributed by atoms with E-state index in [9.17, 15) is 4.79 Å². The van der Waals surface area contributed by atoms with Crippen LogP contribution in [-0.2, 0) is 0 Å². The van der Waals surface area contributed by atoms with Gasteiger partial charge < -0.3 is 10.2 Å². The van der Waals surface area contributed by atoms with Crippen molar-refractivity contribution in [2.45, 2.75) is 25.7 Å². The van der Waals surface area contributed by atoms with E-state index in [1.165, 1.54) is 12.8 Å². The first-order chi connectivity index (χ1) is 9.69. The van der Waals surface area contributed by atoms with Crippen LogP contribution < -0.4 is 5.32 Å². The molecule has 20 heavy (non-hydrogen) atoms. The van der Waals surface area contributed by atoms with Gasteiger partial charge in [0.25, 0.3) is 5.91 Å². The summed E-state index contributed by atoms with van der Waals surface area (Å²) in [6, 6.07) is 1.85. The Morgan fingerprint density at radius 2 is 1.90 bits per heavy atom. The molecule has 5 heteroatoms. The molecule has 1 aromatic rings. The van der Waals surface area contributed by atoms with Crippen LogP contribution in [0.2, 0.25) is 0 Å². The maximum absolute atomic E-state index is 12.5. The summed E-state index contributed by atoms with van der Waals surface area (Å²) in [5, 5.41) is 3.43. The van der Waals surface area contributed by atoms with Gasteiger partial charge in [0.2, 0.25) is 0 Å². The van der Waals surface area contributed by atoms with Crippen molar-refractivity contribution in [1.82, 2.24) is 15.2 Å². The number of carbonyl (C=O) groups is 1. The first-order valence-corrected chi connectivity index (χ1v) is 8.08. The number of nitrogens with one attached hydrogen (secondary N) is 1. The van der Waals surface area contributed by atoms with Crippen LogP contribution in [0.3, 0.4) is 0 Å². The third kappa shape index (κ3) is 2.88. The Labute approximate surface area is 128 Å². The predicted molar refractivity (Wildman–Crippen MR) is 81.6 cm³/mol. The first kappa shape index (κ1) is 14.0. The van der Waals surface area contributed by atoms with Crippen LogP contribution in [-0.4, -0.2) is 42.0 Å². The maximum Gasteiger partial charge on any atom is 0.255 e. The van der Waals surface area contributed by atoms with Crippen LogP contribution in [0.1, 0.15) is 36.0 Å². The number of hydrogen-bond acceptors (Lipinski definition) is 3. The molecule has 1 aromatic heterocycles. The molecular formula is C15H20BrN3O. The van der Waals surface area contributed by atoms with Crippen molar-refractivity contribution in [3.8, 4) is 0 Å². The van der Waals surface area contributed by atoms with Gasteiger partial charge in [-0.25, -0.2) is 0 Å². The molecule has 2 aliphatic rings. The summed E-state index contributed by atoms with van der Waals surface area (Å²) in [7, 11) is 0. The molecule has 2 saturated heterocycles. The Kier molecular flexibility index (Phi) is 4.08. The molecule has 0 atom stereocenters. The van der Waals surface area contributed by atoms with Crippen LogP contribution >= 0.6 is 15.9 Å². The molecule has 0 aromatic carbocycles. The summed E-state index contributed by atoms with van der Waals surface area (Å²) in [5.41, 5.74) is 1.16. The quantitative estimate of drug-likeness (QED) is 0.856. The third-order valence-electron chi connectivity index (χ3n) is 4.73. The van der Waals surface area contributed by atoms with Gasteiger partial charge in [-0.15, -0.1) is 0 Å². The topological polar surface area (TPSA) is 45.2 Å². The van der Waals surface area contributed by atoms with Gasteiger partial charge in [-0.1, -0.05) is 0 Å². The second kappa shape index (κ2) is 5.82. The Hall–Kier alpha value is -0.940. The zero-order valence-electron chi connectivity index (χ0n) is 11.6. The number of pyridine rings is 1. The minimum absolute atomic E-state index is 0.114. The summed E-state index contributed by atoms with van der Waals surface area (Å²) in [5.74, 6) is 0.114. The lowest BCUT2D eigenvalue weighted by Gasteiger charge is -2.44. The molecule has 108 valence electrons. The van der Waals surface area contributed by atoms with Crippen molar-refractivity contribution in [2.75, 3.05) is 26.2 Å². The highest BCUT2D eigenvalue weighted by molar-refractivity contribution is 9.10. The van der Waals surface area contributed by atoms with Crippen molar-refractivity contribution < 1.29 is 4.79 Å². The summed E-state index contributed by atoms with van der Waals surface area (Å²) < 4.78 is 0.857.